The van der Waals surface area contributed by atoms with E-state index >= 15 is 0 Å². The van der Waals surface area contributed by atoms with Crippen molar-refractivity contribution in [3.8, 4) is 0 Å². The van der Waals surface area contributed by atoms with Crippen LogP contribution in [-0.2, 0) is 17.8 Å². The predicted molar refractivity (Wildman–Crippen MR) is 118 cm³/mol. The van der Waals surface area contributed by atoms with Crippen molar-refractivity contribution in [3.63, 3.8) is 0 Å². The zero-order valence-corrected chi connectivity index (χ0v) is 17.3. The van der Waals surface area contributed by atoms with Crippen LogP contribution in [0.15, 0.2) is 78.9 Å². The second-order valence-corrected chi connectivity index (χ2v) is 7.79. The molecule has 3 aromatic carbocycles. The predicted octanol–water partition coefficient (Wildman–Crippen LogP) is 4.79. The van der Waals surface area contributed by atoms with Crippen LogP contribution in [0.1, 0.15) is 39.5 Å². The number of carbonyl (C=O) groups excluding carboxylic acids is 2. The molecule has 3 aromatic rings. The van der Waals surface area contributed by atoms with Gasteiger partial charge in [0.1, 0.15) is 6.04 Å². The van der Waals surface area contributed by atoms with E-state index in [9.17, 15) is 9.59 Å². The SMILES string of the molecule is O=C(NCc1ccccc1Cl)C1c2ccccc2C(=O)N1CCCc1ccccc1. The molecule has 4 nitrogen and oxygen atoms in total. The lowest BCUT2D eigenvalue weighted by Gasteiger charge is -2.25. The van der Waals surface area contributed by atoms with Gasteiger partial charge < -0.3 is 10.2 Å². The molecule has 1 unspecified atom stereocenters. The van der Waals surface area contributed by atoms with Crippen molar-refractivity contribution >= 4 is 23.4 Å². The van der Waals surface area contributed by atoms with Gasteiger partial charge in [-0.25, -0.2) is 0 Å². The minimum absolute atomic E-state index is 0.0865. The number of benzene rings is 3. The summed E-state index contributed by atoms with van der Waals surface area (Å²) in [6.45, 7) is 0.843. The molecule has 1 heterocycles. The van der Waals surface area contributed by atoms with Gasteiger partial charge in [0.25, 0.3) is 5.91 Å². The number of hydrogen-bond acceptors (Lipinski definition) is 2. The van der Waals surface area contributed by atoms with Crippen LogP contribution in [-0.4, -0.2) is 23.3 Å². The summed E-state index contributed by atoms with van der Waals surface area (Å²) in [5.74, 6) is -0.274. The summed E-state index contributed by atoms with van der Waals surface area (Å²) in [5, 5.41) is 3.58. The lowest BCUT2D eigenvalue weighted by atomic mass is 10.0. The lowest BCUT2D eigenvalue weighted by molar-refractivity contribution is -0.125. The molecule has 0 fully saturated rings. The third kappa shape index (κ3) is 4.24. The summed E-state index contributed by atoms with van der Waals surface area (Å²) < 4.78 is 0. The van der Waals surface area contributed by atoms with Crippen molar-refractivity contribution in [2.45, 2.75) is 25.4 Å². The van der Waals surface area contributed by atoms with Gasteiger partial charge in [-0.15, -0.1) is 0 Å². The summed E-state index contributed by atoms with van der Waals surface area (Å²) >= 11 is 6.21. The van der Waals surface area contributed by atoms with Crippen molar-refractivity contribution in [1.29, 1.82) is 0 Å². The van der Waals surface area contributed by atoms with Gasteiger partial charge in [0.15, 0.2) is 0 Å². The number of nitrogens with zero attached hydrogens (tertiary/aromatic N) is 1. The first kappa shape index (κ1) is 20.2. The Balaban J connectivity index is 1.49. The normalized spacial score (nSPS) is 15.2. The Kier molecular flexibility index (Phi) is 6.15. The molecular weight excluding hydrogens is 396 g/mol. The van der Waals surface area contributed by atoms with Gasteiger partial charge >= 0.3 is 0 Å². The number of fused-ring (bicyclic) bond motifs is 1. The molecule has 5 heteroatoms. The first-order chi connectivity index (χ1) is 14.6. The smallest absolute Gasteiger partial charge is 0.255 e. The number of halogens is 1. The number of rotatable bonds is 7. The number of hydrogen-bond donors (Lipinski definition) is 1. The zero-order chi connectivity index (χ0) is 20.9. The Hall–Kier alpha value is -3.11. The van der Waals surface area contributed by atoms with Crippen LogP contribution in [0.4, 0.5) is 0 Å². The quantitative estimate of drug-likeness (QED) is 0.600. The van der Waals surface area contributed by atoms with Crippen molar-refractivity contribution in [2.24, 2.45) is 0 Å². The van der Waals surface area contributed by atoms with Gasteiger partial charge in [-0.1, -0.05) is 78.3 Å². The molecule has 0 bridgehead atoms. The van der Waals surface area contributed by atoms with E-state index < -0.39 is 6.04 Å². The van der Waals surface area contributed by atoms with E-state index in [0.29, 0.717) is 23.7 Å². The second kappa shape index (κ2) is 9.14. The molecule has 0 radical (unpaired) electrons. The summed E-state index contributed by atoms with van der Waals surface area (Å²) in [7, 11) is 0. The van der Waals surface area contributed by atoms with E-state index in [0.717, 1.165) is 24.0 Å². The third-order valence-electron chi connectivity index (χ3n) is 5.42. The molecule has 152 valence electrons. The van der Waals surface area contributed by atoms with E-state index in [1.54, 1.807) is 17.0 Å². The van der Waals surface area contributed by atoms with E-state index in [-0.39, 0.29) is 11.8 Å². The number of carbonyl (C=O) groups is 2. The van der Waals surface area contributed by atoms with E-state index in [2.05, 4.69) is 17.4 Å². The summed E-state index contributed by atoms with van der Waals surface area (Å²) in [6, 6.07) is 24.3. The average molecular weight is 419 g/mol. The van der Waals surface area contributed by atoms with Crippen LogP contribution in [0, 0.1) is 0 Å². The highest BCUT2D eigenvalue weighted by Crippen LogP contribution is 2.34. The Morgan fingerprint density at radius 1 is 0.933 bits per heavy atom. The highest BCUT2D eigenvalue weighted by atomic mass is 35.5. The Morgan fingerprint density at radius 3 is 2.43 bits per heavy atom. The fourth-order valence-corrected chi connectivity index (χ4v) is 4.11. The first-order valence-corrected chi connectivity index (χ1v) is 10.5. The highest BCUT2D eigenvalue weighted by Gasteiger charge is 2.40. The van der Waals surface area contributed by atoms with Crippen molar-refractivity contribution < 1.29 is 9.59 Å². The van der Waals surface area contributed by atoms with Crippen LogP contribution < -0.4 is 5.32 Å². The minimum atomic E-state index is -0.619. The summed E-state index contributed by atoms with van der Waals surface area (Å²) in [6.07, 6.45) is 1.65. The molecule has 0 spiro atoms. The maximum Gasteiger partial charge on any atom is 0.255 e. The molecule has 0 aliphatic carbocycles. The van der Waals surface area contributed by atoms with Crippen LogP contribution in [0.5, 0.6) is 0 Å². The first-order valence-electron chi connectivity index (χ1n) is 10.1. The molecule has 1 aliphatic rings. The van der Waals surface area contributed by atoms with E-state index in [1.807, 2.05) is 54.6 Å². The number of aryl methyl sites for hydroxylation is 1. The molecule has 1 aliphatic heterocycles. The highest BCUT2D eigenvalue weighted by molar-refractivity contribution is 6.31. The number of amides is 2. The van der Waals surface area contributed by atoms with Crippen LogP contribution in [0.2, 0.25) is 5.02 Å². The van der Waals surface area contributed by atoms with Crippen LogP contribution >= 0.6 is 11.6 Å². The maximum atomic E-state index is 13.1. The molecule has 0 saturated carbocycles. The minimum Gasteiger partial charge on any atom is -0.350 e. The molecule has 1 N–H and O–H groups in total. The van der Waals surface area contributed by atoms with Gasteiger partial charge in [0, 0.05) is 23.7 Å². The van der Waals surface area contributed by atoms with Crippen molar-refractivity contribution in [2.75, 3.05) is 6.54 Å². The van der Waals surface area contributed by atoms with E-state index in [1.165, 1.54) is 5.56 Å². The van der Waals surface area contributed by atoms with E-state index in [4.69, 9.17) is 11.6 Å². The van der Waals surface area contributed by atoms with Crippen molar-refractivity contribution in [1.82, 2.24) is 10.2 Å². The maximum absolute atomic E-state index is 13.1. The molecule has 2 amide bonds. The Labute approximate surface area is 181 Å². The molecule has 0 aromatic heterocycles. The Bertz CT molecular complexity index is 1050. The molecule has 30 heavy (non-hydrogen) atoms. The fraction of sp³-hybridized carbons (Fsp3) is 0.200. The standard InChI is InChI=1S/C25H23ClN2O2/c26-22-15-7-4-12-19(22)17-27-24(29)23-20-13-5-6-14-21(20)25(30)28(23)16-8-11-18-9-2-1-3-10-18/h1-7,9-10,12-15,23H,8,11,16-17H2,(H,27,29). The summed E-state index contributed by atoms with van der Waals surface area (Å²) in [4.78, 5) is 27.8. The summed E-state index contributed by atoms with van der Waals surface area (Å²) in [5.41, 5.74) is 3.44. The second-order valence-electron chi connectivity index (χ2n) is 7.39. The molecule has 0 saturated heterocycles. The Morgan fingerprint density at radius 2 is 1.63 bits per heavy atom. The molecular formula is C25H23ClN2O2. The van der Waals surface area contributed by atoms with Gasteiger partial charge in [0.05, 0.1) is 0 Å². The average Bonchev–Trinajstić information content (AvgIpc) is 3.06. The largest absolute Gasteiger partial charge is 0.350 e. The van der Waals surface area contributed by atoms with Gasteiger partial charge in [-0.2, -0.15) is 0 Å². The zero-order valence-electron chi connectivity index (χ0n) is 16.6. The van der Waals surface area contributed by atoms with Gasteiger partial charge in [-0.3, -0.25) is 9.59 Å². The molecule has 4 rings (SSSR count). The van der Waals surface area contributed by atoms with Crippen LogP contribution in [0.3, 0.4) is 0 Å². The van der Waals surface area contributed by atoms with Gasteiger partial charge in [0.2, 0.25) is 5.91 Å². The van der Waals surface area contributed by atoms with Crippen molar-refractivity contribution in [3.05, 3.63) is 106 Å². The fourth-order valence-electron chi connectivity index (χ4n) is 3.90. The topological polar surface area (TPSA) is 49.4 Å². The monoisotopic (exact) mass is 418 g/mol. The lowest BCUT2D eigenvalue weighted by Crippen LogP contribution is -2.39. The van der Waals surface area contributed by atoms with Gasteiger partial charge in [-0.05, 0) is 41.7 Å². The number of nitrogens with one attached hydrogen (secondary N) is 1. The molecule has 1 atom stereocenters. The van der Waals surface area contributed by atoms with Crippen LogP contribution in [0.25, 0.3) is 0 Å². The third-order valence-corrected chi connectivity index (χ3v) is 5.79.